The Kier molecular flexibility index (Phi) is 5.02. The first-order valence-corrected chi connectivity index (χ1v) is 9.00. The van der Waals surface area contributed by atoms with Crippen LogP contribution in [0, 0.1) is 0 Å². The molecule has 2 atom stereocenters. The molecule has 1 aromatic rings. The highest BCUT2D eigenvalue weighted by atomic mass is 16.6. The summed E-state index contributed by atoms with van der Waals surface area (Å²) in [5.41, 5.74) is 0.126. The van der Waals surface area contributed by atoms with Crippen molar-refractivity contribution in [2.75, 3.05) is 13.1 Å². The third kappa shape index (κ3) is 4.50. The standard InChI is InChI=1S/C19H28N2O4/c1-18(2,3)25-17(23)21-9-6-19(7-10-21)12-15(22)11-16(24-19)14-5-4-8-20-13-14/h4-5,8,13,15-16,22H,6-7,9-12H2,1-3H3/t15-,16-/m0/s1. The van der Waals surface area contributed by atoms with Crippen molar-refractivity contribution in [3.05, 3.63) is 30.1 Å². The Balaban J connectivity index is 1.64. The first-order chi connectivity index (χ1) is 11.8. The molecule has 138 valence electrons. The van der Waals surface area contributed by atoms with E-state index in [2.05, 4.69) is 4.98 Å². The highest BCUT2D eigenvalue weighted by Gasteiger charge is 2.44. The molecule has 25 heavy (non-hydrogen) atoms. The summed E-state index contributed by atoms with van der Waals surface area (Å²) < 4.78 is 11.9. The lowest BCUT2D eigenvalue weighted by Gasteiger charge is -2.47. The summed E-state index contributed by atoms with van der Waals surface area (Å²) in [4.78, 5) is 18.1. The summed E-state index contributed by atoms with van der Waals surface area (Å²) in [7, 11) is 0. The summed E-state index contributed by atoms with van der Waals surface area (Å²) in [6, 6.07) is 3.87. The van der Waals surface area contributed by atoms with Gasteiger partial charge in [0.1, 0.15) is 5.60 Å². The fourth-order valence-corrected chi connectivity index (χ4v) is 3.67. The van der Waals surface area contributed by atoms with Crippen molar-refractivity contribution in [3.8, 4) is 0 Å². The fraction of sp³-hybridized carbons (Fsp3) is 0.684. The molecule has 1 amide bonds. The molecule has 0 radical (unpaired) electrons. The molecule has 6 nitrogen and oxygen atoms in total. The number of hydrogen-bond acceptors (Lipinski definition) is 5. The topological polar surface area (TPSA) is 71.9 Å². The van der Waals surface area contributed by atoms with Crippen LogP contribution in [0.5, 0.6) is 0 Å². The van der Waals surface area contributed by atoms with Gasteiger partial charge in [-0.1, -0.05) is 6.07 Å². The number of aromatic nitrogens is 1. The average molecular weight is 348 g/mol. The highest BCUT2D eigenvalue weighted by molar-refractivity contribution is 5.68. The molecule has 2 aliphatic rings. The summed E-state index contributed by atoms with van der Waals surface area (Å²) in [5, 5.41) is 10.4. The molecular formula is C19H28N2O4. The van der Waals surface area contributed by atoms with Crippen LogP contribution in [-0.4, -0.2) is 51.5 Å². The second-order valence-corrected chi connectivity index (χ2v) is 8.14. The van der Waals surface area contributed by atoms with E-state index >= 15 is 0 Å². The lowest BCUT2D eigenvalue weighted by Crippen LogP contribution is -2.52. The molecule has 0 aliphatic carbocycles. The van der Waals surface area contributed by atoms with E-state index in [4.69, 9.17) is 9.47 Å². The molecule has 6 heteroatoms. The number of carbonyl (C=O) groups excluding carboxylic acids is 1. The molecule has 2 fully saturated rings. The lowest BCUT2D eigenvalue weighted by molar-refractivity contribution is -0.183. The van der Waals surface area contributed by atoms with Gasteiger partial charge in [-0.05, 0) is 45.2 Å². The number of amides is 1. The smallest absolute Gasteiger partial charge is 0.410 e. The zero-order valence-corrected chi connectivity index (χ0v) is 15.3. The van der Waals surface area contributed by atoms with Gasteiger partial charge in [-0.3, -0.25) is 4.98 Å². The van der Waals surface area contributed by atoms with Gasteiger partial charge in [0.25, 0.3) is 0 Å². The van der Waals surface area contributed by atoms with Crippen molar-refractivity contribution in [3.63, 3.8) is 0 Å². The number of carbonyl (C=O) groups is 1. The Labute approximate surface area is 149 Å². The molecule has 1 aromatic heterocycles. The first kappa shape index (κ1) is 18.1. The van der Waals surface area contributed by atoms with Crippen LogP contribution in [0.2, 0.25) is 0 Å². The van der Waals surface area contributed by atoms with Crippen molar-refractivity contribution in [1.29, 1.82) is 0 Å². The Bertz CT molecular complexity index is 591. The van der Waals surface area contributed by atoms with Crippen LogP contribution < -0.4 is 0 Å². The van der Waals surface area contributed by atoms with Crippen LogP contribution in [0.25, 0.3) is 0 Å². The molecule has 3 rings (SSSR count). The molecule has 2 saturated heterocycles. The molecule has 1 spiro atoms. The molecule has 0 saturated carbocycles. The molecule has 0 bridgehead atoms. The van der Waals surface area contributed by atoms with Crippen LogP contribution in [0.1, 0.15) is 58.1 Å². The van der Waals surface area contributed by atoms with Gasteiger partial charge in [0.15, 0.2) is 0 Å². The highest BCUT2D eigenvalue weighted by Crippen LogP contribution is 2.42. The molecule has 0 unspecified atom stereocenters. The minimum Gasteiger partial charge on any atom is -0.444 e. The first-order valence-electron chi connectivity index (χ1n) is 9.00. The third-order valence-corrected chi connectivity index (χ3v) is 4.87. The summed E-state index contributed by atoms with van der Waals surface area (Å²) in [6.45, 7) is 6.78. The van der Waals surface area contributed by atoms with Crippen LogP contribution in [0.4, 0.5) is 4.79 Å². The van der Waals surface area contributed by atoms with Crippen LogP contribution in [-0.2, 0) is 9.47 Å². The van der Waals surface area contributed by atoms with Gasteiger partial charge in [-0.25, -0.2) is 4.79 Å². The number of piperidine rings is 1. The normalized spacial score (nSPS) is 26.5. The number of nitrogens with zero attached hydrogens (tertiary/aromatic N) is 2. The predicted molar refractivity (Wildman–Crippen MR) is 93.1 cm³/mol. The number of ether oxygens (including phenoxy) is 2. The molecular weight excluding hydrogens is 320 g/mol. The van der Waals surface area contributed by atoms with E-state index in [-0.39, 0.29) is 17.8 Å². The third-order valence-electron chi connectivity index (χ3n) is 4.87. The van der Waals surface area contributed by atoms with E-state index in [1.54, 1.807) is 17.3 Å². The monoisotopic (exact) mass is 348 g/mol. The number of rotatable bonds is 1. The van der Waals surface area contributed by atoms with E-state index in [0.717, 1.165) is 5.56 Å². The van der Waals surface area contributed by atoms with Crippen LogP contribution in [0.3, 0.4) is 0 Å². The van der Waals surface area contributed by atoms with Crippen LogP contribution >= 0.6 is 0 Å². The van der Waals surface area contributed by atoms with Gasteiger partial charge in [0, 0.05) is 38.3 Å². The maximum absolute atomic E-state index is 12.2. The summed E-state index contributed by atoms with van der Waals surface area (Å²) in [5.74, 6) is 0. The quantitative estimate of drug-likeness (QED) is 0.844. The average Bonchev–Trinajstić information content (AvgIpc) is 2.54. The number of aliphatic hydroxyl groups excluding tert-OH is 1. The van der Waals surface area contributed by atoms with Gasteiger partial charge < -0.3 is 19.5 Å². The van der Waals surface area contributed by atoms with E-state index < -0.39 is 11.7 Å². The zero-order chi connectivity index (χ0) is 18.1. The van der Waals surface area contributed by atoms with Gasteiger partial charge in [-0.2, -0.15) is 0 Å². The minimum atomic E-state index is -0.491. The van der Waals surface area contributed by atoms with Crippen molar-refractivity contribution in [1.82, 2.24) is 9.88 Å². The molecule has 0 aromatic carbocycles. The summed E-state index contributed by atoms with van der Waals surface area (Å²) >= 11 is 0. The van der Waals surface area contributed by atoms with Crippen LogP contribution in [0.15, 0.2) is 24.5 Å². The van der Waals surface area contributed by atoms with Gasteiger partial charge in [0.05, 0.1) is 17.8 Å². The Morgan fingerprint density at radius 1 is 1.40 bits per heavy atom. The second-order valence-electron chi connectivity index (χ2n) is 8.14. The number of pyridine rings is 1. The SMILES string of the molecule is CC(C)(C)OC(=O)N1CCC2(CC1)C[C@@H](O)C[C@@H](c1cccnc1)O2. The number of hydrogen-bond donors (Lipinski definition) is 1. The van der Waals surface area contributed by atoms with Gasteiger partial charge in [-0.15, -0.1) is 0 Å². The predicted octanol–water partition coefficient (Wildman–Crippen LogP) is 3.06. The molecule has 3 heterocycles. The lowest BCUT2D eigenvalue weighted by atomic mass is 9.81. The second kappa shape index (κ2) is 6.92. The largest absolute Gasteiger partial charge is 0.444 e. The Morgan fingerprint density at radius 3 is 2.72 bits per heavy atom. The van der Waals surface area contributed by atoms with E-state index in [1.807, 2.05) is 32.9 Å². The van der Waals surface area contributed by atoms with Gasteiger partial charge >= 0.3 is 6.09 Å². The zero-order valence-electron chi connectivity index (χ0n) is 15.3. The Hall–Kier alpha value is -1.66. The number of likely N-dealkylation sites (tertiary alicyclic amines) is 1. The minimum absolute atomic E-state index is 0.148. The number of aliphatic hydroxyl groups is 1. The molecule has 1 N–H and O–H groups in total. The van der Waals surface area contributed by atoms with E-state index in [1.165, 1.54) is 0 Å². The van der Waals surface area contributed by atoms with E-state index in [9.17, 15) is 9.90 Å². The van der Waals surface area contributed by atoms with E-state index in [0.29, 0.717) is 38.8 Å². The maximum Gasteiger partial charge on any atom is 0.410 e. The van der Waals surface area contributed by atoms with Crippen molar-refractivity contribution in [2.45, 2.75) is 69.9 Å². The Morgan fingerprint density at radius 2 is 2.12 bits per heavy atom. The van der Waals surface area contributed by atoms with Crippen molar-refractivity contribution in [2.24, 2.45) is 0 Å². The molecule has 2 aliphatic heterocycles. The summed E-state index contributed by atoms with van der Waals surface area (Å²) in [6.07, 6.45) is 5.33. The maximum atomic E-state index is 12.2. The van der Waals surface area contributed by atoms with Crippen molar-refractivity contribution < 1.29 is 19.4 Å². The van der Waals surface area contributed by atoms with Crippen molar-refractivity contribution >= 4 is 6.09 Å². The van der Waals surface area contributed by atoms with Gasteiger partial charge in [0.2, 0.25) is 0 Å². The fourth-order valence-electron chi connectivity index (χ4n) is 3.67.